The molecule has 120 valence electrons. The number of halogens is 1. The number of anilines is 2. The van der Waals surface area contributed by atoms with Gasteiger partial charge in [0.2, 0.25) is 0 Å². The van der Waals surface area contributed by atoms with Gasteiger partial charge in [0, 0.05) is 28.1 Å². The van der Waals surface area contributed by atoms with Gasteiger partial charge in [-0.05, 0) is 59.3 Å². The Balaban J connectivity index is 2.05. The van der Waals surface area contributed by atoms with E-state index in [0.29, 0.717) is 17.1 Å². The highest BCUT2D eigenvalue weighted by atomic mass is 79.9. The van der Waals surface area contributed by atoms with Crippen molar-refractivity contribution in [3.63, 3.8) is 0 Å². The number of nitriles is 1. The molecule has 0 aliphatic rings. The van der Waals surface area contributed by atoms with Crippen LogP contribution in [0.25, 0.3) is 0 Å². The topological polar surface area (TPSA) is 94.9 Å². The molecule has 1 aromatic carbocycles. The lowest BCUT2D eigenvalue weighted by Crippen LogP contribution is -2.14. The van der Waals surface area contributed by atoms with Crippen molar-refractivity contribution in [2.24, 2.45) is 0 Å². The molecule has 7 heteroatoms. The number of benzene rings is 1. The second-order valence-corrected chi connectivity index (χ2v) is 5.68. The van der Waals surface area contributed by atoms with Crippen LogP contribution < -0.4 is 10.6 Å². The molecular weight excluding hydrogens is 372 g/mol. The Labute approximate surface area is 147 Å². The summed E-state index contributed by atoms with van der Waals surface area (Å²) in [5, 5.41) is 14.5. The van der Waals surface area contributed by atoms with Gasteiger partial charge in [-0.1, -0.05) is 0 Å². The Morgan fingerprint density at radius 2 is 1.92 bits per heavy atom. The first-order valence-corrected chi connectivity index (χ1v) is 7.69. The highest BCUT2D eigenvalue weighted by molar-refractivity contribution is 9.10. The Kier molecular flexibility index (Phi) is 5.82. The summed E-state index contributed by atoms with van der Waals surface area (Å²) < 4.78 is 0.823. The molecule has 1 amide bonds. The number of pyridine rings is 1. The number of rotatable bonds is 5. The van der Waals surface area contributed by atoms with Crippen LogP contribution in [0.15, 0.2) is 58.8 Å². The molecule has 0 unspecified atom stereocenters. The zero-order valence-corrected chi connectivity index (χ0v) is 14.3. The van der Waals surface area contributed by atoms with Gasteiger partial charge in [-0.3, -0.25) is 9.59 Å². The lowest BCUT2D eigenvalue weighted by atomic mass is 10.1. The van der Waals surface area contributed by atoms with E-state index in [1.54, 1.807) is 42.6 Å². The number of aromatic nitrogens is 1. The van der Waals surface area contributed by atoms with Crippen LogP contribution in [0.3, 0.4) is 0 Å². The van der Waals surface area contributed by atoms with Crippen molar-refractivity contribution in [3.05, 3.63) is 64.4 Å². The van der Waals surface area contributed by atoms with Gasteiger partial charge in [-0.25, -0.2) is 4.98 Å². The van der Waals surface area contributed by atoms with Crippen LogP contribution in [0.4, 0.5) is 11.5 Å². The summed E-state index contributed by atoms with van der Waals surface area (Å²) in [4.78, 5) is 27.4. The van der Waals surface area contributed by atoms with Gasteiger partial charge in [0.15, 0.2) is 5.78 Å². The second kappa shape index (κ2) is 8.04. The number of Topliss-reactive ketones (excluding diaryl/α,β-unsaturated/α-hetero) is 1. The van der Waals surface area contributed by atoms with E-state index in [4.69, 9.17) is 5.26 Å². The Morgan fingerprint density at radius 1 is 1.21 bits per heavy atom. The van der Waals surface area contributed by atoms with Crippen LogP contribution in [-0.4, -0.2) is 16.7 Å². The minimum Gasteiger partial charge on any atom is -0.345 e. The third kappa shape index (κ3) is 4.76. The van der Waals surface area contributed by atoms with Gasteiger partial charge in [-0.2, -0.15) is 5.26 Å². The second-order valence-electron chi connectivity index (χ2n) is 4.76. The molecule has 0 aliphatic carbocycles. The van der Waals surface area contributed by atoms with Crippen molar-refractivity contribution in [1.82, 2.24) is 4.98 Å². The van der Waals surface area contributed by atoms with Crippen molar-refractivity contribution in [2.45, 2.75) is 6.92 Å². The summed E-state index contributed by atoms with van der Waals surface area (Å²) in [6, 6.07) is 11.7. The Hall–Kier alpha value is -2.98. The minimum atomic E-state index is -0.558. The summed E-state index contributed by atoms with van der Waals surface area (Å²) in [5.41, 5.74) is 0.940. The van der Waals surface area contributed by atoms with Crippen molar-refractivity contribution in [2.75, 3.05) is 10.6 Å². The van der Waals surface area contributed by atoms with Gasteiger partial charge in [0.1, 0.15) is 17.5 Å². The highest BCUT2D eigenvalue weighted by Crippen LogP contribution is 2.13. The van der Waals surface area contributed by atoms with Crippen LogP contribution in [0.1, 0.15) is 17.3 Å². The van der Waals surface area contributed by atoms with Gasteiger partial charge < -0.3 is 10.6 Å². The van der Waals surface area contributed by atoms with Crippen molar-refractivity contribution < 1.29 is 9.59 Å². The number of nitrogens with zero attached hydrogens (tertiary/aromatic N) is 2. The first-order valence-electron chi connectivity index (χ1n) is 6.90. The third-order valence-corrected chi connectivity index (χ3v) is 3.48. The van der Waals surface area contributed by atoms with Crippen LogP contribution in [0.2, 0.25) is 0 Å². The van der Waals surface area contributed by atoms with Crippen LogP contribution in [-0.2, 0) is 4.79 Å². The molecule has 0 spiro atoms. The van der Waals surface area contributed by atoms with Gasteiger partial charge in [-0.15, -0.1) is 0 Å². The quantitative estimate of drug-likeness (QED) is 0.467. The zero-order valence-electron chi connectivity index (χ0n) is 12.7. The average Bonchev–Trinajstić information content (AvgIpc) is 2.57. The SMILES string of the molecule is CC(=O)c1ccc(NC(=O)/C(C#N)=C\Nc2ccc(Br)cn2)cc1. The lowest BCUT2D eigenvalue weighted by molar-refractivity contribution is -0.112. The molecule has 24 heavy (non-hydrogen) atoms. The fraction of sp³-hybridized carbons (Fsp3) is 0.0588. The van der Waals surface area contributed by atoms with E-state index in [-0.39, 0.29) is 11.4 Å². The van der Waals surface area contributed by atoms with Crippen LogP contribution in [0.5, 0.6) is 0 Å². The number of hydrogen-bond acceptors (Lipinski definition) is 5. The van der Waals surface area contributed by atoms with E-state index >= 15 is 0 Å². The minimum absolute atomic E-state index is 0.0586. The molecule has 0 atom stereocenters. The fourth-order valence-corrected chi connectivity index (χ4v) is 1.98. The maximum atomic E-state index is 12.1. The van der Waals surface area contributed by atoms with Crippen molar-refractivity contribution >= 4 is 39.1 Å². The fourth-order valence-electron chi connectivity index (χ4n) is 1.74. The van der Waals surface area contributed by atoms with Gasteiger partial charge >= 0.3 is 0 Å². The molecule has 6 nitrogen and oxygen atoms in total. The van der Waals surface area contributed by atoms with E-state index in [1.807, 2.05) is 6.07 Å². The molecule has 0 saturated carbocycles. The highest BCUT2D eigenvalue weighted by Gasteiger charge is 2.09. The van der Waals surface area contributed by atoms with Gasteiger partial charge in [0.05, 0.1) is 0 Å². The largest absolute Gasteiger partial charge is 0.345 e. The standard InChI is InChI=1S/C17H13BrN4O2/c1-11(23)12-2-5-15(6-3-12)22-17(24)13(8-19)9-20-16-7-4-14(18)10-21-16/h2-7,9-10H,1H3,(H,20,21)(H,22,24)/b13-9-. The van der Waals surface area contributed by atoms with E-state index in [1.165, 1.54) is 13.1 Å². The molecule has 1 heterocycles. The maximum Gasteiger partial charge on any atom is 0.267 e. The molecule has 2 rings (SSSR count). The zero-order chi connectivity index (χ0) is 17.5. The van der Waals surface area contributed by atoms with E-state index in [0.717, 1.165) is 4.47 Å². The Bertz CT molecular complexity index is 821. The number of hydrogen-bond donors (Lipinski definition) is 2. The normalized spacial score (nSPS) is 10.6. The summed E-state index contributed by atoms with van der Waals surface area (Å²) in [6.07, 6.45) is 2.88. The monoisotopic (exact) mass is 384 g/mol. The van der Waals surface area contributed by atoms with Crippen LogP contribution >= 0.6 is 15.9 Å². The molecular formula is C17H13BrN4O2. The predicted octanol–water partition coefficient (Wildman–Crippen LogP) is 3.50. The maximum absolute atomic E-state index is 12.1. The van der Waals surface area contributed by atoms with E-state index in [9.17, 15) is 9.59 Å². The van der Waals surface area contributed by atoms with Crippen molar-refractivity contribution in [1.29, 1.82) is 5.26 Å². The number of carbonyl (C=O) groups excluding carboxylic acids is 2. The molecule has 0 fully saturated rings. The first-order chi connectivity index (χ1) is 11.5. The van der Waals surface area contributed by atoms with E-state index < -0.39 is 5.91 Å². The van der Waals surface area contributed by atoms with E-state index in [2.05, 4.69) is 31.5 Å². The van der Waals surface area contributed by atoms with Gasteiger partial charge in [0.25, 0.3) is 5.91 Å². The molecule has 2 N–H and O–H groups in total. The number of nitrogens with one attached hydrogen (secondary N) is 2. The first kappa shape index (κ1) is 17.4. The molecule has 0 radical (unpaired) electrons. The van der Waals surface area contributed by atoms with Crippen LogP contribution in [0, 0.1) is 11.3 Å². The molecule has 0 aliphatic heterocycles. The molecule has 0 saturated heterocycles. The summed E-state index contributed by atoms with van der Waals surface area (Å²) in [6.45, 7) is 1.46. The smallest absolute Gasteiger partial charge is 0.267 e. The summed E-state index contributed by atoms with van der Waals surface area (Å²) in [5.74, 6) is -0.112. The number of amides is 1. The molecule has 2 aromatic rings. The Morgan fingerprint density at radius 3 is 2.46 bits per heavy atom. The number of ketones is 1. The summed E-state index contributed by atoms with van der Waals surface area (Å²) in [7, 11) is 0. The summed E-state index contributed by atoms with van der Waals surface area (Å²) >= 11 is 3.27. The average molecular weight is 385 g/mol. The van der Waals surface area contributed by atoms with Crippen molar-refractivity contribution in [3.8, 4) is 6.07 Å². The predicted molar refractivity (Wildman–Crippen MR) is 94.3 cm³/mol. The molecule has 0 bridgehead atoms. The molecule has 1 aromatic heterocycles. The lowest BCUT2D eigenvalue weighted by Gasteiger charge is -2.05. The number of carbonyl (C=O) groups is 2. The third-order valence-electron chi connectivity index (χ3n) is 3.01.